The van der Waals surface area contributed by atoms with Crippen molar-refractivity contribution in [3.05, 3.63) is 77.4 Å². The molecule has 4 aromatic rings. The van der Waals surface area contributed by atoms with Crippen molar-refractivity contribution >= 4 is 44.3 Å². The molecular weight excluding hydrogens is 332 g/mol. The summed E-state index contributed by atoms with van der Waals surface area (Å²) in [6.07, 6.45) is 3.02. The number of nitrogens with one attached hydrogen (secondary N) is 2. The van der Waals surface area contributed by atoms with Crippen molar-refractivity contribution < 1.29 is 4.79 Å². The summed E-state index contributed by atoms with van der Waals surface area (Å²) in [5.41, 5.74) is 9.18. The van der Waals surface area contributed by atoms with Crippen LogP contribution in [0.15, 0.2) is 66.2 Å². The Labute approximate surface area is 156 Å². The van der Waals surface area contributed by atoms with Crippen LogP contribution in [0.3, 0.4) is 0 Å². The van der Waals surface area contributed by atoms with Crippen LogP contribution in [0.1, 0.15) is 11.1 Å². The third-order valence-electron chi connectivity index (χ3n) is 5.99. The minimum Gasteiger partial charge on any atom is -0.288 e. The van der Waals surface area contributed by atoms with Crippen molar-refractivity contribution in [2.45, 2.75) is 6.42 Å². The molecule has 0 bridgehead atoms. The van der Waals surface area contributed by atoms with Crippen molar-refractivity contribution in [3.8, 4) is 0 Å². The second-order valence-electron chi connectivity index (χ2n) is 7.59. The minimum absolute atomic E-state index is 0.000635. The summed E-state index contributed by atoms with van der Waals surface area (Å²) >= 11 is 0. The number of hydrogen-bond acceptors (Lipinski definition) is 2. The molecule has 0 spiro atoms. The number of hydrazine groups is 1. The maximum atomic E-state index is 12.3. The maximum absolute atomic E-state index is 12.3. The van der Waals surface area contributed by atoms with E-state index in [2.05, 4.69) is 77.6 Å². The molecule has 2 N–H and O–H groups in total. The number of hydrogen-bond donors (Lipinski definition) is 2. The Hall–Kier alpha value is -3.17. The average molecular weight is 350 g/mol. The summed E-state index contributed by atoms with van der Waals surface area (Å²) < 4.78 is 0. The van der Waals surface area contributed by atoms with Crippen LogP contribution >= 0.6 is 0 Å². The van der Waals surface area contributed by atoms with E-state index in [1.165, 1.54) is 43.4 Å². The first-order valence-corrected chi connectivity index (χ1v) is 9.39. The Kier molecular flexibility index (Phi) is 3.00. The van der Waals surface area contributed by atoms with Crippen LogP contribution in [-0.4, -0.2) is 12.5 Å². The molecule has 6 rings (SSSR count). The normalized spacial score (nSPS) is 18.9. The molecule has 4 aromatic carbocycles. The highest BCUT2D eigenvalue weighted by Crippen LogP contribution is 2.36. The van der Waals surface area contributed by atoms with E-state index in [1.807, 2.05) is 0 Å². The monoisotopic (exact) mass is 350 g/mol. The smallest absolute Gasteiger partial charge is 0.261 e. The topological polar surface area (TPSA) is 41.1 Å². The Bertz CT molecular complexity index is 1300. The van der Waals surface area contributed by atoms with Gasteiger partial charge in [-0.3, -0.25) is 10.2 Å². The van der Waals surface area contributed by atoms with Crippen LogP contribution in [-0.2, 0) is 11.2 Å². The van der Waals surface area contributed by atoms with Gasteiger partial charge in [0.15, 0.2) is 0 Å². The Morgan fingerprint density at radius 1 is 0.815 bits per heavy atom. The van der Waals surface area contributed by atoms with Crippen LogP contribution in [0.4, 0.5) is 0 Å². The molecule has 3 heteroatoms. The molecule has 0 radical (unpaired) electrons. The zero-order valence-electron chi connectivity index (χ0n) is 14.8. The number of amides is 1. The first-order valence-electron chi connectivity index (χ1n) is 9.39. The van der Waals surface area contributed by atoms with E-state index in [-0.39, 0.29) is 11.8 Å². The fourth-order valence-corrected chi connectivity index (χ4v) is 4.59. The molecule has 3 nitrogen and oxygen atoms in total. The predicted molar refractivity (Wildman–Crippen MR) is 110 cm³/mol. The highest BCUT2D eigenvalue weighted by Gasteiger charge is 2.29. The third-order valence-corrected chi connectivity index (χ3v) is 5.99. The molecule has 1 fully saturated rings. The standard InChI is InChI=1S/C24H18N2O/c27-24-23-12-22-17(10-20(23)13-25-26-24)6-5-16-9-18-7-14-3-1-2-4-15(14)8-19(18)11-21(16)22/h1-9,11-12,20,25H,10,13H2,(H,26,27). The lowest BCUT2D eigenvalue weighted by atomic mass is 9.80. The lowest BCUT2D eigenvalue weighted by Gasteiger charge is -2.30. The Morgan fingerprint density at radius 2 is 1.56 bits per heavy atom. The predicted octanol–water partition coefficient (Wildman–Crippen LogP) is 4.34. The third kappa shape index (κ3) is 2.22. The van der Waals surface area contributed by atoms with Crippen LogP contribution in [0.2, 0.25) is 0 Å². The molecule has 1 saturated heterocycles. The van der Waals surface area contributed by atoms with Gasteiger partial charge in [0.05, 0.1) is 0 Å². The van der Waals surface area contributed by atoms with Crippen LogP contribution in [0.25, 0.3) is 38.4 Å². The second kappa shape index (κ2) is 5.41. The van der Waals surface area contributed by atoms with Gasteiger partial charge in [-0.05, 0) is 80.2 Å². The molecule has 130 valence electrons. The fourth-order valence-electron chi connectivity index (χ4n) is 4.59. The van der Waals surface area contributed by atoms with Crippen LogP contribution < -0.4 is 10.9 Å². The number of carbonyl (C=O) groups is 1. The number of fused-ring (bicyclic) bond motifs is 6. The van der Waals surface area contributed by atoms with Crippen molar-refractivity contribution in [2.24, 2.45) is 5.92 Å². The SMILES string of the molecule is O=C1NNCC2Cc3ccc4cc5cc6ccccc6cc5cc4c3C=C12. The van der Waals surface area contributed by atoms with Crippen LogP contribution in [0.5, 0.6) is 0 Å². The first-order chi connectivity index (χ1) is 13.3. The molecule has 2 aliphatic rings. The molecule has 1 amide bonds. The summed E-state index contributed by atoms with van der Waals surface area (Å²) in [6.45, 7) is 0.790. The van der Waals surface area contributed by atoms with Crippen molar-refractivity contribution in [1.29, 1.82) is 0 Å². The maximum Gasteiger partial charge on any atom is 0.261 e. The second-order valence-corrected chi connectivity index (χ2v) is 7.59. The van der Waals surface area contributed by atoms with Crippen molar-refractivity contribution in [1.82, 2.24) is 10.9 Å². The Balaban J connectivity index is 1.64. The van der Waals surface area contributed by atoms with Gasteiger partial charge in [-0.25, -0.2) is 5.43 Å². The molecule has 0 saturated carbocycles. The number of benzene rings is 4. The highest BCUT2D eigenvalue weighted by atomic mass is 16.2. The van der Waals surface area contributed by atoms with Gasteiger partial charge >= 0.3 is 0 Å². The van der Waals surface area contributed by atoms with E-state index in [9.17, 15) is 4.79 Å². The largest absolute Gasteiger partial charge is 0.288 e. The molecular formula is C24H18N2O. The molecule has 27 heavy (non-hydrogen) atoms. The summed E-state index contributed by atoms with van der Waals surface area (Å²) in [5, 5.41) is 7.46. The van der Waals surface area contributed by atoms with Gasteiger partial charge in [0.1, 0.15) is 0 Å². The molecule has 1 aliphatic heterocycles. The lowest BCUT2D eigenvalue weighted by Crippen LogP contribution is -2.49. The zero-order chi connectivity index (χ0) is 18.0. The quantitative estimate of drug-likeness (QED) is 0.463. The van der Waals surface area contributed by atoms with Gasteiger partial charge in [0.2, 0.25) is 0 Å². The van der Waals surface area contributed by atoms with Gasteiger partial charge in [-0.15, -0.1) is 0 Å². The van der Waals surface area contributed by atoms with Crippen LogP contribution in [0, 0.1) is 5.92 Å². The van der Waals surface area contributed by atoms with Gasteiger partial charge in [-0.2, -0.15) is 0 Å². The molecule has 1 aliphatic carbocycles. The highest BCUT2D eigenvalue weighted by molar-refractivity contribution is 6.09. The molecule has 1 atom stereocenters. The van der Waals surface area contributed by atoms with Gasteiger partial charge in [0.25, 0.3) is 5.91 Å². The van der Waals surface area contributed by atoms with Gasteiger partial charge in [-0.1, -0.05) is 36.4 Å². The van der Waals surface area contributed by atoms with E-state index < -0.39 is 0 Å². The van der Waals surface area contributed by atoms with Gasteiger partial charge < -0.3 is 0 Å². The average Bonchev–Trinajstić information content (AvgIpc) is 2.70. The summed E-state index contributed by atoms with van der Waals surface area (Å²) in [5.74, 6) is 0.258. The van der Waals surface area contributed by atoms with Crippen molar-refractivity contribution in [3.63, 3.8) is 0 Å². The molecule has 0 aromatic heterocycles. The van der Waals surface area contributed by atoms with Gasteiger partial charge in [0, 0.05) is 18.0 Å². The summed E-state index contributed by atoms with van der Waals surface area (Å²) in [7, 11) is 0. The number of carbonyl (C=O) groups excluding carboxylic acids is 1. The summed E-state index contributed by atoms with van der Waals surface area (Å²) in [6, 6.07) is 22.0. The Morgan fingerprint density at radius 3 is 2.37 bits per heavy atom. The lowest BCUT2D eigenvalue weighted by molar-refractivity contribution is -0.120. The summed E-state index contributed by atoms with van der Waals surface area (Å²) in [4.78, 5) is 12.3. The number of rotatable bonds is 0. The molecule has 1 heterocycles. The minimum atomic E-state index is 0.000635. The van der Waals surface area contributed by atoms with E-state index in [1.54, 1.807) is 0 Å². The van der Waals surface area contributed by atoms with E-state index >= 15 is 0 Å². The first kappa shape index (κ1) is 14.9. The molecule has 1 unspecified atom stereocenters. The van der Waals surface area contributed by atoms with E-state index in [0.717, 1.165) is 18.5 Å². The van der Waals surface area contributed by atoms with E-state index in [0.29, 0.717) is 0 Å². The van der Waals surface area contributed by atoms with E-state index in [4.69, 9.17) is 0 Å². The van der Waals surface area contributed by atoms with Crippen molar-refractivity contribution in [2.75, 3.05) is 6.54 Å². The zero-order valence-corrected chi connectivity index (χ0v) is 14.8. The fraction of sp³-hybridized carbons (Fsp3) is 0.125.